The molecule has 0 fully saturated rings. The number of hydrogen-bond acceptors (Lipinski definition) is 5. The number of nitrogens with zero attached hydrogens (tertiary/aromatic N) is 3. The van der Waals surface area contributed by atoms with Crippen molar-refractivity contribution in [2.45, 2.75) is 6.92 Å². The van der Waals surface area contributed by atoms with E-state index in [4.69, 9.17) is 4.74 Å². The fourth-order valence-corrected chi connectivity index (χ4v) is 4.14. The summed E-state index contributed by atoms with van der Waals surface area (Å²) in [5, 5.41) is 2.70. The van der Waals surface area contributed by atoms with Gasteiger partial charge in [0.05, 0.1) is 30.1 Å². The fourth-order valence-electron chi connectivity index (χ4n) is 3.29. The number of amides is 1. The van der Waals surface area contributed by atoms with E-state index in [2.05, 4.69) is 5.32 Å². The van der Waals surface area contributed by atoms with Crippen LogP contribution in [0.4, 0.5) is 11.4 Å². The Kier molecular flexibility index (Phi) is 5.62. The molecule has 0 bridgehead atoms. The quantitative estimate of drug-likeness (QED) is 0.637. The Labute approximate surface area is 174 Å². The molecule has 0 spiro atoms. The number of fused-ring (bicyclic) bond motifs is 1. The summed E-state index contributed by atoms with van der Waals surface area (Å²) in [6.07, 6.45) is 1.04. The van der Waals surface area contributed by atoms with Crippen LogP contribution >= 0.6 is 0 Å². The number of aryl methyl sites for hydroxylation is 3. The highest BCUT2D eigenvalue weighted by Crippen LogP contribution is 2.31. The molecule has 1 N–H and O–H groups in total. The van der Waals surface area contributed by atoms with Crippen LogP contribution in [0.2, 0.25) is 0 Å². The van der Waals surface area contributed by atoms with Gasteiger partial charge in [-0.25, -0.2) is 13.2 Å². The van der Waals surface area contributed by atoms with Gasteiger partial charge in [-0.15, -0.1) is 0 Å². The van der Waals surface area contributed by atoms with Crippen LogP contribution in [0.25, 0.3) is 11.0 Å². The highest BCUT2D eigenvalue weighted by molar-refractivity contribution is 7.92. The van der Waals surface area contributed by atoms with E-state index in [0.717, 1.165) is 21.6 Å². The van der Waals surface area contributed by atoms with Gasteiger partial charge in [0.1, 0.15) is 12.3 Å². The monoisotopic (exact) mass is 432 g/mol. The molecule has 9 nitrogen and oxygen atoms in total. The predicted octanol–water partition coefficient (Wildman–Crippen LogP) is 1.60. The molecule has 1 heterocycles. The first-order valence-corrected chi connectivity index (χ1v) is 11.0. The highest BCUT2D eigenvalue weighted by atomic mass is 32.2. The summed E-state index contributed by atoms with van der Waals surface area (Å²) in [6.45, 7) is 1.40. The minimum absolute atomic E-state index is 0.178. The number of imidazole rings is 1. The van der Waals surface area contributed by atoms with E-state index in [-0.39, 0.29) is 11.4 Å². The van der Waals surface area contributed by atoms with E-state index in [1.54, 1.807) is 50.5 Å². The van der Waals surface area contributed by atoms with Gasteiger partial charge in [0.25, 0.3) is 0 Å². The molecule has 10 heteroatoms. The van der Waals surface area contributed by atoms with Crippen LogP contribution in [0.3, 0.4) is 0 Å². The number of nitrogens with one attached hydrogen (secondary N) is 1. The van der Waals surface area contributed by atoms with Gasteiger partial charge < -0.3 is 10.1 Å². The molecule has 1 aromatic heterocycles. The van der Waals surface area contributed by atoms with Crippen LogP contribution in [0.1, 0.15) is 5.56 Å². The van der Waals surface area contributed by atoms with E-state index in [1.165, 1.54) is 16.2 Å². The normalized spacial score (nSPS) is 11.5. The van der Waals surface area contributed by atoms with Gasteiger partial charge in [0, 0.05) is 19.8 Å². The summed E-state index contributed by atoms with van der Waals surface area (Å²) in [6, 6.07) is 10.2. The Hall–Kier alpha value is -3.27. The molecule has 0 aliphatic heterocycles. The number of carbonyl (C=O) groups excluding carboxylic acids is 1. The van der Waals surface area contributed by atoms with Gasteiger partial charge in [-0.1, -0.05) is 6.07 Å². The van der Waals surface area contributed by atoms with Crippen molar-refractivity contribution in [2.24, 2.45) is 14.1 Å². The van der Waals surface area contributed by atoms with Crippen LogP contribution in [0.5, 0.6) is 5.75 Å². The lowest BCUT2D eigenvalue weighted by Crippen LogP contribution is -2.37. The Morgan fingerprint density at radius 2 is 1.77 bits per heavy atom. The lowest BCUT2D eigenvalue weighted by molar-refractivity contribution is -0.114. The molecule has 0 saturated heterocycles. The molecule has 30 heavy (non-hydrogen) atoms. The maximum Gasteiger partial charge on any atom is 0.328 e. The van der Waals surface area contributed by atoms with E-state index < -0.39 is 22.5 Å². The molecular weight excluding hydrogens is 408 g/mol. The van der Waals surface area contributed by atoms with Crippen LogP contribution in [0.15, 0.2) is 41.2 Å². The molecule has 0 radical (unpaired) electrons. The van der Waals surface area contributed by atoms with Crippen molar-refractivity contribution >= 4 is 38.3 Å². The van der Waals surface area contributed by atoms with Gasteiger partial charge in [-0.2, -0.15) is 0 Å². The van der Waals surface area contributed by atoms with Crippen LogP contribution < -0.4 is 20.0 Å². The molecular formula is C20H24N4O5S. The smallest absolute Gasteiger partial charge is 0.328 e. The number of sulfonamides is 1. The summed E-state index contributed by atoms with van der Waals surface area (Å²) in [4.78, 5) is 24.8. The van der Waals surface area contributed by atoms with Gasteiger partial charge in [0.15, 0.2) is 0 Å². The molecule has 3 rings (SSSR count). The lowest BCUT2D eigenvalue weighted by atomic mass is 10.2. The number of methoxy groups -OCH3 is 1. The number of ether oxygens (including phenoxy) is 1. The topological polar surface area (TPSA) is 103 Å². The third-order valence-corrected chi connectivity index (χ3v) is 5.97. The molecule has 0 unspecified atom stereocenters. The average molecular weight is 433 g/mol. The number of hydrogen-bond donors (Lipinski definition) is 1. The summed E-state index contributed by atoms with van der Waals surface area (Å²) < 4.78 is 34.1. The summed E-state index contributed by atoms with van der Waals surface area (Å²) in [5.41, 5.74) is 2.77. The first-order valence-electron chi connectivity index (χ1n) is 9.10. The van der Waals surface area contributed by atoms with Gasteiger partial charge >= 0.3 is 5.69 Å². The number of benzene rings is 2. The molecule has 0 atom stereocenters. The Balaban J connectivity index is 1.91. The van der Waals surface area contributed by atoms with Crippen molar-refractivity contribution in [1.29, 1.82) is 0 Å². The lowest BCUT2D eigenvalue weighted by Gasteiger charge is -2.24. The number of carbonyl (C=O) groups is 1. The van der Waals surface area contributed by atoms with Crippen molar-refractivity contribution in [3.05, 3.63) is 52.4 Å². The van der Waals surface area contributed by atoms with E-state index >= 15 is 0 Å². The molecule has 2 aromatic carbocycles. The highest BCUT2D eigenvalue weighted by Gasteiger charge is 2.24. The molecule has 3 aromatic rings. The summed E-state index contributed by atoms with van der Waals surface area (Å²) in [7, 11) is 0.997. The van der Waals surface area contributed by atoms with E-state index in [1.807, 2.05) is 6.92 Å². The van der Waals surface area contributed by atoms with Crippen molar-refractivity contribution in [2.75, 3.05) is 29.5 Å². The van der Waals surface area contributed by atoms with Gasteiger partial charge in [-0.05, 0) is 42.8 Å². The summed E-state index contributed by atoms with van der Waals surface area (Å²) >= 11 is 0. The number of rotatable bonds is 6. The third kappa shape index (κ3) is 4.04. The molecule has 160 valence electrons. The zero-order chi connectivity index (χ0) is 22.2. The van der Waals surface area contributed by atoms with Crippen molar-refractivity contribution < 1.29 is 17.9 Å². The Bertz CT molecular complexity index is 1290. The third-order valence-electron chi connectivity index (χ3n) is 4.85. The second-order valence-corrected chi connectivity index (χ2v) is 9.00. The minimum atomic E-state index is -3.75. The SMILES string of the molecule is COc1ccc(C)cc1N(CC(=O)Nc1ccc2c(c1)n(C)c(=O)n2C)S(C)(=O)=O. The van der Waals surface area contributed by atoms with Crippen molar-refractivity contribution in [3.8, 4) is 5.75 Å². The standard InChI is InChI=1S/C20H24N4O5S/c1-13-6-9-18(29-4)17(10-13)24(30(5,27)28)12-19(25)21-14-7-8-15-16(11-14)23(3)20(26)22(15)2/h6-11H,12H2,1-5H3,(H,21,25). The molecule has 1 amide bonds. The van der Waals surface area contributed by atoms with Crippen LogP contribution in [-0.2, 0) is 28.9 Å². The number of anilines is 2. The van der Waals surface area contributed by atoms with E-state index in [0.29, 0.717) is 17.0 Å². The maximum atomic E-state index is 12.7. The number of aromatic nitrogens is 2. The Morgan fingerprint density at radius 1 is 1.10 bits per heavy atom. The second-order valence-electron chi connectivity index (χ2n) is 7.10. The largest absolute Gasteiger partial charge is 0.495 e. The first kappa shape index (κ1) is 21.4. The molecule has 0 aliphatic carbocycles. The second kappa shape index (κ2) is 7.86. The maximum absolute atomic E-state index is 12.7. The zero-order valence-corrected chi connectivity index (χ0v) is 18.3. The first-order chi connectivity index (χ1) is 14.0. The fraction of sp³-hybridized carbons (Fsp3) is 0.300. The molecule has 0 saturated carbocycles. The minimum Gasteiger partial charge on any atom is -0.495 e. The zero-order valence-electron chi connectivity index (χ0n) is 17.5. The van der Waals surface area contributed by atoms with Crippen molar-refractivity contribution in [3.63, 3.8) is 0 Å². The van der Waals surface area contributed by atoms with Crippen LogP contribution in [-0.4, -0.2) is 43.4 Å². The van der Waals surface area contributed by atoms with Gasteiger partial charge in [0.2, 0.25) is 15.9 Å². The Morgan fingerprint density at radius 3 is 2.40 bits per heavy atom. The predicted molar refractivity (Wildman–Crippen MR) is 117 cm³/mol. The van der Waals surface area contributed by atoms with E-state index in [9.17, 15) is 18.0 Å². The average Bonchev–Trinajstić information content (AvgIpc) is 2.89. The van der Waals surface area contributed by atoms with Crippen LogP contribution in [0, 0.1) is 6.92 Å². The summed E-state index contributed by atoms with van der Waals surface area (Å²) in [5.74, 6) is -0.177. The van der Waals surface area contributed by atoms with Crippen molar-refractivity contribution in [1.82, 2.24) is 9.13 Å². The molecule has 0 aliphatic rings. The van der Waals surface area contributed by atoms with Gasteiger partial charge in [-0.3, -0.25) is 18.2 Å².